The van der Waals surface area contributed by atoms with E-state index in [1.807, 2.05) is 13.8 Å². The summed E-state index contributed by atoms with van der Waals surface area (Å²) in [6.07, 6.45) is 1.03. The van der Waals surface area contributed by atoms with Crippen LogP contribution in [0.2, 0.25) is 0 Å². The minimum absolute atomic E-state index is 0.0889. The predicted molar refractivity (Wildman–Crippen MR) is 101 cm³/mol. The van der Waals surface area contributed by atoms with Crippen LogP contribution in [0, 0.1) is 11.7 Å². The standard InChI is InChI=1S/C18H28FN3O3S/c1-3-20-18(22-11-9-15(13-22)14-25-4-2)21-10-12-26(23,24)17-8-6-5-7-16(17)19/h5-8,15H,3-4,9-14H2,1-2H3,(H,20,21). The van der Waals surface area contributed by atoms with Crippen molar-refractivity contribution in [3.63, 3.8) is 0 Å². The lowest BCUT2D eigenvalue weighted by Gasteiger charge is -2.21. The lowest BCUT2D eigenvalue weighted by Crippen LogP contribution is -2.40. The molecule has 146 valence electrons. The van der Waals surface area contributed by atoms with Gasteiger partial charge >= 0.3 is 0 Å². The lowest BCUT2D eigenvalue weighted by molar-refractivity contribution is 0.114. The van der Waals surface area contributed by atoms with Crippen molar-refractivity contribution in [1.82, 2.24) is 10.2 Å². The summed E-state index contributed by atoms with van der Waals surface area (Å²) in [5, 5.41) is 3.20. The second kappa shape index (κ2) is 9.87. The van der Waals surface area contributed by atoms with Gasteiger partial charge in [-0.1, -0.05) is 12.1 Å². The molecule has 1 saturated heterocycles. The number of sulfone groups is 1. The Morgan fingerprint density at radius 1 is 1.38 bits per heavy atom. The van der Waals surface area contributed by atoms with E-state index in [2.05, 4.69) is 15.2 Å². The van der Waals surface area contributed by atoms with Crippen LogP contribution in [0.4, 0.5) is 4.39 Å². The molecule has 1 aliphatic heterocycles. The van der Waals surface area contributed by atoms with Gasteiger partial charge < -0.3 is 15.0 Å². The zero-order chi connectivity index (χ0) is 19.0. The van der Waals surface area contributed by atoms with Crippen LogP contribution in [0.15, 0.2) is 34.2 Å². The van der Waals surface area contributed by atoms with Gasteiger partial charge in [-0.25, -0.2) is 12.8 Å². The fourth-order valence-corrected chi connectivity index (χ4v) is 4.15. The molecule has 0 saturated carbocycles. The molecule has 1 atom stereocenters. The van der Waals surface area contributed by atoms with Crippen LogP contribution in [0.25, 0.3) is 0 Å². The molecule has 26 heavy (non-hydrogen) atoms. The van der Waals surface area contributed by atoms with Gasteiger partial charge in [0, 0.05) is 32.2 Å². The molecular weight excluding hydrogens is 357 g/mol. The first kappa shape index (κ1) is 20.6. The van der Waals surface area contributed by atoms with E-state index in [1.54, 1.807) is 0 Å². The maximum Gasteiger partial charge on any atom is 0.193 e. The van der Waals surface area contributed by atoms with E-state index in [9.17, 15) is 12.8 Å². The van der Waals surface area contributed by atoms with Crippen LogP contribution >= 0.6 is 0 Å². The number of guanidine groups is 1. The van der Waals surface area contributed by atoms with E-state index < -0.39 is 15.7 Å². The second-order valence-electron chi connectivity index (χ2n) is 6.25. The quantitative estimate of drug-likeness (QED) is 0.547. The molecule has 1 unspecified atom stereocenters. The van der Waals surface area contributed by atoms with E-state index in [1.165, 1.54) is 18.2 Å². The Morgan fingerprint density at radius 3 is 2.85 bits per heavy atom. The van der Waals surface area contributed by atoms with E-state index in [-0.39, 0.29) is 17.2 Å². The summed E-state index contributed by atoms with van der Waals surface area (Å²) < 4.78 is 43.9. The van der Waals surface area contributed by atoms with E-state index in [0.717, 1.165) is 32.2 Å². The molecule has 0 radical (unpaired) electrons. The average Bonchev–Trinajstić information content (AvgIpc) is 3.08. The van der Waals surface area contributed by atoms with Gasteiger partial charge in [0.2, 0.25) is 0 Å². The highest BCUT2D eigenvalue weighted by molar-refractivity contribution is 7.91. The minimum atomic E-state index is -3.70. The van der Waals surface area contributed by atoms with E-state index >= 15 is 0 Å². The molecule has 6 nitrogen and oxygen atoms in total. The molecule has 0 aromatic heterocycles. The smallest absolute Gasteiger partial charge is 0.193 e. The molecule has 0 amide bonds. The van der Waals surface area contributed by atoms with Crippen LogP contribution < -0.4 is 5.32 Å². The van der Waals surface area contributed by atoms with Crippen molar-refractivity contribution in [2.75, 3.05) is 45.1 Å². The summed E-state index contributed by atoms with van der Waals surface area (Å²) in [5.41, 5.74) is 0. The first-order valence-corrected chi connectivity index (χ1v) is 10.7. The number of halogens is 1. The highest BCUT2D eigenvalue weighted by Crippen LogP contribution is 2.17. The number of aliphatic imine (C=N–C) groups is 1. The SMILES string of the molecule is CCNC(=NCCS(=O)(=O)c1ccccc1F)N1CCC(COCC)C1. The summed E-state index contributed by atoms with van der Waals surface area (Å²) >= 11 is 0. The first-order chi connectivity index (χ1) is 12.5. The third-order valence-corrected chi connectivity index (χ3v) is 5.99. The highest BCUT2D eigenvalue weighted by atomic mass is 32.2. The van der Waals surface area contributed by atoms with Gasteiger partial charge in [-0.15, -0.1) is 0 Å². The maximum atomic E-state index is 13.7. The summed E-state index contributed by atoms with van der Waals surface area (Å²) in [4.78, 5) is 6.30. The molecule has 1 fully saturated rings. The van der Waals surface area contributed by atoms with Gasteiger partial charge in [0.15, 0.2) is 15.8 Å². The van der Waals surface area contributed by atoms with Crippen LogP contribution in [-0.4, -0.2) is 64.4 Å². The summed E-state index contributed by atoms with van der Waals surface area (Å²) in [6, 6.07) is 5.44. The van der Waals surface area contributed by atoms with Gasteiger partial charge in [-0.3, -0.25) is 4.99 Å². The van der Waals surface area contributed by atoms with Gasteiger partial charge in [0.1, 0.15) is 10.7 Å². The molecular formula is C18H28FN3O3S. The topological polar surface area (TPSA) is 71.0 Å². The Bertz CT molecular complexity index is 709. The maximum absolute atomic E-state index is 13.7. The second-order valence-corrected chi connectivity index (χ2v) is 8.32. The number of benzene rings is 1. The van der Waals surface area contributed by atoms with Crippen LogP contribution in [0.1, 0.15) is 20.3 Å². The molecule has 2 rings (SSSR count). The largest absolute Gasteiger partial charge is 0.381 e. The third-order valence-electron chi connectivity index (χ3n) is 4.27. The number of ether oxygens (including phenoxy) is 1. The summed E-state index contributed by atoms with van der Waals surface area (Å²) in [6.45, 7) is 7.88. The van der Waals surface area contributed by atoms with Crippen molar-refractivity contribution >= 4 is 15.8 Å². The van der Waals surface area contributed by atoms with Crippen molar-refractivity contribution in [1.29, 1.82) is 0 Å². The van der Waals surface area contributed by atoms with Crippen LogP contribution in [0.3, 0.4) is 0 Å². The molecule has 0 spiro atoms. The Hall–Kier alpha value is -1.67. The van der Waals surface area contributed by atoms with Crippen molar-refractivity contribution in [2.45, 2.75) is 25.2 Å². The van der Waals surface area contributed by atoms with Gasteiger partial charge in [0.05, 0.1) is 18.9 Å². The molecule has 8 heteroatoms. The zero-order valence-electron chi connectivity index (χ0n) is 15.4. The Balaban J connectivity index is 1.98. The zero-order valence-corrected chi connectivity index (χ0v) is 16.3. The average molecular weight is 386 g/mol. The monoisotopic (exact) mass is 385 g/mol. The number of rotatable bonds is 8. The number of hydrogen-bond acceptors (Lipinski definition) is 4. The van der Waals surface area contributed by atoms with Gasteiger partial charge in [0.25, 0.3) is 0 Å². The number of hydrogen-bond donors (Lipinski definition) is 1. The number of nitrogens with zero attached hydrogens (tertiary/aromatic N) is 2. The molecule has 1 aromatic rings. The van der Waals surface area contributed by atoms with Crippen LogP contribution in [0.5, 0.6) is 0 Å². The Kier molecular flexibility index (Phi) is 7.84. The van der Waals surface area contributed by atoms with Gasteiger partial charge in [-0.05, 0) is 32.4 Å². The predicted octanol–water partition coefficient (Wildman–Crippen LogP) is 1.92. The molecule has 1 aliphatic rings. The lowest BCUT2D eigenvalue weighted by atomic mass is 10.1. The Labute approximate surface area is 155 Å². The first-order valence-electron chi connectivity index (χ1n) is 9.06. The molecule has 1 aromatic carbocycles. The van der Waals surface area contributed by atoms with E-state index in [0.29, 0.717) is 25.0 Å². The molecule has 1 heterocycles. The van der Waals surface area contributed by atoms with Gasteiger partial charge in [-0.2, -0.15) is 0 Å². The van der Waals surface area contributed by atoms with Crippen molar-refractivity contribution in [2.24, 2.45) is 10.9 Å². The highest BCUT2D eigenvalue weighted by Gasteiger charge is 2.25. The van der Waals surface area contributed by atoms with Crippen LogP contribution in [-0.2, 0) is 14.6 Å². The van der Waals surface area contributed by atoms with E-state index in [4.69, 9.17) is 4.74 Å². The number of likely N-dealkylation sites (tertiary alicyclic amines) is 1. The van der Waals surface area contributed by atoms with Crippen molar-refractivity contribution in [3.8, 4) is 0 Å². The molecule has 0 bridgehead atoms. The normalized spacial score (nSPS) is 18.3. The Morgan fingerprint density at radius 2 is 2.15 bits per heavy atom. The fourth-order valence-electron chi connectivity index (χ4n) is 2.95. The molecule has 1 N–H and O–H groups in total. The summed E-state index contributed by atoms with van der Waals surface area (Å²) in [7, 11) is -3.70. The van der Waals surface area contributed by atoms with Crippen molar-refractivity contribution in [3.05, 3.63) is 30.1 Å². The van der Waals surface area contributed by atoms with Crippen molar-refractivity contribution < 1.29 is 17.5 Å². The fraction of sp³-hybridized carbons (Fsp3) is 0.611. The third kappa shape index (κ3) is 5.67. The number of nitrogens with one attached hydrogen (secondary N) is 1. The minimum Gasteiger partial charge on any atom is -0.381 e. The molecule has 0 aliphatic carbocycles. The summed E-state index contributed by atoms with van der Waals surface area (Å²) in [5.74, 6) is 0.219.